The quantitative estimate of drug-likeness (QED) is 0.881. The van der Waals surface area contributed by atoms with E-state index in [1.807, 2.05) is 25.1 Å². The minimum atomic E-state index is -0.410. The average molecular weight is 305 g/mol. The standard InChI is InChI=1S/C15H19N3O4/c1-9-8-21-14-5-11(3-4-13(14)17-9)18-7-12(22-15(18)20)6-16-10(2)19/h3-5,9,12,17H,6-8H2,1-2H3,(H,16,19)/t9?,12-/m0/s1. The number of amides is 2. The fourth-order valence-corrected chi connectivity index (χ4v) is 2.54. The van der Waals surface area contributed by atoms with Gasteiger partial charge in [0.1, 0.15) is 18.5 Å². The average Bonchev–Trinajstić information content (AvgIpc) is 2.85. The minimum absolute atomic E-state index is 0.142. The van der Waals surface area contributed by atoms with E-state index in [4.69, 9.17) is 9.47 Å². The van der Waals surface area contributed by atoms with Crippen LogP contribution in [-0.4, -0.2) is 43.8 Å². The number of fused-ring (bicyclic) bond motifs is 1. The van der Waals surface area contributed by atoms with Crippen LogP contribution >= 0.6 is 0 Å². The third kappa shape index (κ3) is 2.93. The van der Waals surface area contributed by atoms with Crippen LogP contribution in [0.3, 0.4) is 0 Å². The Kier molecular flexibility index (Phi) is 3.79. The summed E-state index contributed by atoms with van der Waals surface area (Å²) in [4.78, 5) is 24.5. The fourth-order valence-electron chi connectivity index (χ4n) is 2.54. The molecule has 1 aromatic carbocycles. The molecule has 2 heterocycles. The van der Waals surface area contributed by atoms with E-state index in [9.17, 15) is 9.59 Å². The summed E-state index contributed by atoms with van der Waals surface area (Å²) in [5.74, 6) is 0.589. The number of carbonyl (C=O) groups is 2. The summed E-state index contributed by atoms with van der Waals surface area (Å²) < 4.78 is 10.9. The van der Waals surface area contributed by atoms with Gasteiger partial charge in [-0.25, -0.2) is 4.79 Å². The molecule has 0 radical (unpaired) electrons. The molecule has 7 nitrogen and oxygen atoms in total. The van der Waals surface area contributed by atoms with E-state index in [0.717, 1.165) is 17.1 Å². The number of anilines is 2. The normalized spacial score (nSPS) is 23.2. The SMILES string of the molecule is CC(=O)NC[C@H]1CN(c2ccc3c(c2)OCC(C)N3)C(=O)O1. The van der Waals surface area contributed by atoms with Crippen molar-refractivity contribution in [1.29, 1.82) is 0 Å². The van der Waals surface area contributed by atoms with Gasteiger partial charge in [-0.15, -0.1) is 0 Å². The fraction of sp³-hybridized carbons (Fsp3) is 0.467. The molecule has 0 aromatic heterocycles. The van der Waals surface area contributed by atoms with E-state index in [1.165, 1.54) is 6.92 Å². The molecular weight excluding hydrogens is 286 g/mol. The van der Waals surface area contributed by atoms with E-state index in [1.54, 1.807) is 4.90 Å². The van der Waals surface area contributed by atoms with Gasteiger partial charge in [0.05, 0.1) is 30.5 Å². The Hall–Kier alpha value is -2.44. The van der Waals surface area contributed by atoms with Crippen molar-refractivity contribution in [1.82, 2.24) is 5.32 Å². The molecule has 0 saturated carbocycles. The van der Waals surface area contributed by atoms with Crippen LogP contribution in [0.25, 0.3) is 0 Å². The summed E-state index contributed by atoms with van der Waals surface area (Å²) >= 11 is 0. The molecule has 1 aromatic rings. The van der Waals surface area contributed by atoms with E-state index < -0.39 is 6.09 Å². The van der Waals surface area contributed by atoms with Crippen molar-refractivity contribution in [2.45, 2.75) is 26.0 Å². The van der Waals surface area contributed by atoms with Gasteiger partial charge >= 0.3 is 6.09 Å². The Bertz CT molecular complexity index is 604. The number of rotatable bonds is 3. The third-order valence-corrected chi connectivity index (χ3v) is 3.62. The molecule has 0 bridgehead atoms. The predicted molar refractivity (Wildman–Crippen MR) is 81.3 cm³/mol. The third-order valence-electron chi connectivity index (χ3n) is 3.62. The Morgan fingerprint density at radius 1 is 1.50 bits per heavy atom. The number of hydrogen-bond donors (Lipinski definition) is 2. The van der Waals surface area contributed by atoms with Gasteiger partial charge in [-0.05, 0) is 19.1 Å². The molecule has 0 aliphatic carbocycles. The molecule has 1 fully saturated rings. The smallest absolute Gasteiger partial charge is 0.414 e. The number of nitrogens with one attached hydrogen (secondary N) is 2. The first-order valence-corrected chi connectivity index (χ1v) is 7.29. The Balaban J connectivity index is 1.71. The minimum Gasteiger partial charge on any atom is -0.489 e. The van der Waals surface area contributed by atoms with Gasteiger partial charge in [0.2, 0.25) is 5.91 Å². The molecule has 1 unspecified atom stereocenters. The highest BCUT2D eigenvalue weighted by Crippen LogP contribution is 2.34. The largest absolute Gasteiger partial charge is 0.489 e. The van der Waals surface area contributed by atoms with Gasteiger partial charge in [-0.2, -0.15) is 0 Å². The van der Waals surface area contributed by atoms with Crippen LogP contribution in [-0.2, 0) is 9.53 Å². The molecule has 2 aliphatic rings. The second kappa shape index (κ2) is 5.75. The molecule has 118 valence electrons. The number of benzene rings is 1. The van der Waals surface area contributed by atoms with E-state index >= 15 is 0 Å². The van der Waals surface area contributed by atoms with Crippen LogP contribution in [0.5, 0.6) is 5.75 Å². The Morgan fingerprint density at radius 2 is 2.32 bits per heavy atom. The number of ether oxygens (including phenoxy) is 2. The maximum atomic E-state index is 12.0. The summed E-state index contributed by atoms with van der Waals surface area (Å²) in [5, 5.41) is 5.98. The Morgan fingerprint density at radius 3 is 3.09 bits per heavy atom. The number of hydrogen-bond acceptors (Lipinski definition) is 5. The number of cyclic esters (lactones) is 1. The zero-order chi connectivity index (χ0) is 15.7. The summed E-state index contributed by atoms with van der Waals surface area (Å²) in [6.07, 6.45) is -0.751. The number of carbonyl (C=O) groups excluding carboxylic acids is 2. The van der Waals surface area contributed by atoms with E-state index in [0.29, 0.717) is 19.7 Å². The second-order valence-electron chi connectivity index (χ2n) is 5.59. The van der Waals surface area contributed by atoms with Crippen molar-refractivity contribution in [3.05, 3.63) is 18.2 Å². The van der Waals surface area contributed by atoms with Crippen LogP contribution < -0.4 is 20.3 Å². The van der Waals surface area contributed by atoms with Crippen LogP contribution in [0.1, 0.15) is 13.8 Å². The van der Waals surface area contributed by atoms with Crippen LogP contribution in [0.15, 0.2) is 18.2 Å². The Labute approximate surface area is 128 Å². The molecule has 1 saturated heterocycles. The molecule has 2 amide bonds. The van der Waals surface area contributed by atoms with Crippen molar-refractivity contribution >= 4 is 23.4 Å². The van der Waals surface area contributed by atoms with Crippen molar-refractivity contribution in [2.24, 2.45) is 0 Å². The lowest BCUT2D eigenvalue weighted by atomic mass is 10.2. The highest BCUT2D eigenvalue weighted by Gasteiger charge is 2.33. The lowest BCUT2D eigenvalue weighted by Crippen LogP contribution is -2.33. The second-order valence-corrected chi connectivity index (χ2v) is 5.59. The molecule has 2 aliphatic heterocycles. The van der Waals surface area contributed by atoms with Crippen LogP contribution in [0.2, 0.25) is 0 Å². The molecule has 3 rings (SSSR count). The van der Waals surface area contributed by atoms with Gasteiger partial charge in [0.15, 0.2) is 0 Å². The molecule has 2 N–H and O–H groups in total. The maximum absolute atomic E-state index is 12.0. The van der Waals surface area contributed by atoms with Gasteiger partial charge < -0.3 is 20.1 Å². The first-order chi connectivity index (χ1) is 10.5. The summed E-state index contributed by atoms with van der Waals surface area (Å²) in [7, 11) is 0. The lowest BCUT2D eigenvalue weighted by molar-refractivity contribution is -0.119. The van der Waals surface area contributed by atoms with Crippen molar-refractivity contribution in [2.75, 3.05) is 29.9 Å². The van der Waals surface area contributed by atoms with Gasteiger partial charge in [0.25, 0.3) is 0 Å². The molecule has 22 heavy (non-hydrogen) atoms. The van der Waals surface area contributed by atoms with Gasteiger partial charge in [-0.3, -0.25) is 9.69 Å². The van der Waals surface area contributed by atoms with Crippen LogP contribution in [0, 0.1) is 0 Å². The highest BCUT2D eigenvalue weighted by atomic mass is 16.6. The highest BCUT2D eigenvalue weighted by molar-refractivity contribution is 5.90. The molecule has 7 heteroatoms. The molecule has 2 atom stereocenters. The summed E-state index contributed by atoms with van der Waals surface area (Å²) in [5.41, 5.74) is 1.65. The van der Waals surface area contributed by atoms with Crippen molar-refractivity contribution in [3.8, 4) is 5.75 Å². The van der Waals surface area contributed by atoms with E-state index in [2.05, 4.69) is 10.6 Å². The first kappa shape index (κ1) is 14.5. The van der Waals surface area contributed by atoms with Crippen molar-refractivity contribution < 1.29 is 19.1 Å². The number of nitrogens with zero attached hydrogens (tertiary/aromatic N) is 1. The summed E-state index contributed by atoms with van der Waals surface area (Å²) in [6, 6.07) is 5.84. The van der Waals surface area contributed by atoms with Crippen molar-refractivity contribution in [3.63, 3.8) is 0 Å². The topological polar surface area (TPSA) is 79.9 Å². The van der Waals surface area contributed by atoms with Gasteiger partial charge in [-0.1, -0.05) is 0 Å². The predicted octanol–water partition coefficient (Wildman–Crippen LogP) is 1.34. The zero-order valence-electron chi connectivity index (χ0n) is 12.6. The van der Waals surface area contributed by atoms with Crippen LogP contribution in [0.4, 0.5) is 16.2 Å². The zero-order valence-corrected chi connectivity index (χ0v) is 12.6. The first-order valence-electron chi connectivity index (χ1n) is 7.29. The van der Waals surface area contributed by atoms with E-state index in [-0.39, 0.29) is 18.1 Å². The maximum Gasteiger partial charge on any atom is 0.414 e. The molecular formula is C15H19N3O4. The molecule has 0 spiro atoms. The lowest BCUT2D eigenvalue weighted by Gasteiger charge is -2.26. The van der Waals surface area contributed by atoms with Gasteiger partial charge in [0, 0.05) is 13.0 Å². The monoisotopic (exact) mass is 305 g/mol. The summed E-state index contributed by atoms with van der Waals surface area (Å²) in [6.45, 7) is 4.79.